The second-order valence-corrected chi connectivity index (χ2v) is 9.79. The van der Waals surface area contributed by atoms with Gasteiger partial charge in [-0.2, -0.15) is 0 Å². The molecule has 9 heteroatoms. The smallest absolute Gasteiger partial charge is 0.336 e. The summed E-state index contributed by atoms with van der Waals surface area (Å²) in [4.78, 5) is 28.5. The molecule has 9 nitrogen and oxygen atoms in total. The molecule has 0 bridgehead atoms. The van der Waals surface area contributed by atoms with Crippen LogP contribution in [0.3, 0.4) is 0 Å². The summed E-state index contributed by atoms with van der Waals surface area (Å²) in [7, 11) is 0. The maximum absolute atomic E-state index is 12.3. The first-order valence-corrected chi connectivity index (χ1v) is 12.9. The highest BCUT2D eigenvalue weighted by molar-refractivity contribution is 5.97. The SMILES string of the molecule is CCCCCC1(N2CCN(c3ccccc3)CC2)COC(CO)(c2ccc(C(=O)O)c(C)c2C(=O)O)O1. The Balaban J connectivity index is 1.66. The molecule has 2 unspecified atom stereocenters. The van der Waals surface area contributed by atoms with E-state index in [0.29, 0.717) is 19.5 Å². The molecule has 2 aromatic rings. The Bertz CT molecular complexity index is 1120. The van der Waals surface area contributed by atoms with Crippen molar-refractivity contribution in [1.82, 2.24) is 4.90 Å². The van der Waals surface area contributed by atoms with Gasteiger partial charge in [-0.15, -0.1) is 0 Å². The van der Waals surface area contributed by atoms with Crippen molar-refractivity contribution in [3.8, 4) is 0 Å². The van der Waals surface area contributed by atoms with E-state index in [-0.39, 0.29) is 28.9 Å². The minimum atomic E-state index is -1.71. The highest BCUT2D eigenvalue weighted by Gasteiger charge is 2.55. The Morgan fingerprint density at radius 1 is 0.973 bits per heavy atom. The number of carboxylic acids is 2. The molecule has 2 aliphatic rings. The fourth-order valence-electron chi connectivity index (χ4n) is 5.53. The van der Waals surface area contributed by atoms with Crippen LogP contribution in [-0.4, -0.2) is 77.3 Å². The van der Waals surface area contributed by atoms with Gasteiger partial charge in [0.1, 0.15) is 12.3 Å². The Kier molecular flexibility index (Phi) is 8.18. The van der Waals surface area contributed by atoms with Gasteiger partial charge in [-0.05, 0) is 43.5 Å². The Hall–Kier alpha value is -2.98. The molecule has 0 aliphatic carbocycles. The molecule has 2 atom stereocenters. The van der Waals surface area contributed by atoms with Gasteiger partial charge >= 0.3 is 11.9 Å². The molecule has 0 saturated carbocycles. The summed E-state index contributed by atoms with van der Waals surface area (Å²) in [6.07, 6.45) is 3.60. The van der Waals surface area contributed by atoms with E-state index in [9.17, 15) is 24.9 Å². The van der Waals surface area contributed by atoms with Crippen molar-refractivity contribution in [3.63, 3.8) is 0 Å². The monoisotopic (exact) mass is 512 g/mol. The highest BCUT2D eigenvalue weighted by atomic mass is 16.8. The summed E-state index contributed by atoms with van der Waals surface area (Å²) in [6, 6.07) is 13.0. The van der Waals surface area contributed by atoms with Crippen molar-refractivity contribution < 1.29 is 34.4 Å². The van der Waals surface area contributed by atoms with Crippen LogP contribution in [0.4, 0.5) is 5.69 Å². The van der Waals surface area contributed by atoms with Gasteiger partial charge in [-0.3, -0.25) is 4.90 Å². The van der Waals surface area contributed by atoms with Gasteiger partial charge in [-0.25, -0.2) is 9.59 Å². The van der Waals surface area contributed by atoms with Crippen LogP contribution in [-0.2, 0) is 15.3 Å². The molecule has 37 heavy (non-hydrogen) atoms. The summed E-state index contributed by atoms with van der Waals surface area (Å²) < 4.78 is 12.9. The summed E-state index contributed by atoms with van der Waals surface area (Å²) >= 11 is 0. The molecular weight excluding hydrogens is 476 g/mol. The lowest BCUT2D eigenvalue weighted by Crippen LogP contribution is -2.59. The molecule has 200 valence electrons. The number of aromatic carboxylic acids is 2. The number of aliphatic hydroxyl groups is 1. The normalized spacial score (nSPS) is 24.4. The number of nitrogens with zero attached hydrogens (tertiary/aromatic N) is 2. The largest absolute Gasteiger partial charge is 0.478 e. The van der Waals surface area contributed by atoms with Gasteiger partial charge < -0.3 is 29.7 Å². The average Bonchev–Trinajstić information content (AvgIpc) is 3.30. The first-order valence-electron chi connectivity index (χ1n) is 12.9. The van der Waals surface area contributed by atoms with E-state index in [1.54, 1.807) is 0 Å². The molecule has 2 fully saturated rings. The van der Waals surface area contributed by atoms with Crippen LogP contribution in [0.2, 0.25) is 0 Å². The van der Waals surface area contributed by atoms with Crippen molar-refractivity contribution in [2.75, 3.05) is 44.3 Å². The fraction of sp³-hybridized carbons (Fsp3) is 0.500. The third kappa shape index (κ3) is 5.22. The number of hydrogen-bond acceptors (Lipinski definition) is 7. The van der Waals surface area contributed by atoms with Crippen molar-refractivity contribution in [2.45, 2.75) is 51.0 Å². The second kappa shape index (κ2) is 11.2. The van der Waals surface area contributed by atoms with Gasteiger partial charge in [-0.1, -0.05) is 44.0 Å². The molecule has 2 saturated heterocycles. The van der Waals surface area contributed by atoms with Gasteiger partial charge in [0.05, 0.1) is 17.7 Å². The third-order valence-electron chi connectivity index (χ3n) is 7.56. The van der Waals surface area contributed by atoms with Crippen molar-refractivity contribution >= 4 is 17.6 Å². The topological polar surface area (TPSA) is 120 Å². The van der Waals surface area contributed by atoms with E-state index >= 15 is 0 Å². The summed E-state index contributed by atoms with van der Waals surface area (Å²) in [5.41, 5.74) is 0.222. The predicted molar refractivity (Wildman–Crippen MR) is 138 cm³/mol. The number of piperazine rings is 1. The number of rotatable bonds is 10. The zero-order valence-corrected chi connectivity index (χ0v) is 21.5. The first kappa shape index (κ1) is 27.1. The highest BCUT2D eigenvalue weighted by Crippen LogP contribution is 2.45. The lowest BCUT2D eigenvalue weighted by atomic mass is 9.92. The standard InChI is InChI=1S/C28H36N2O7/c1-3-4-8-13-27(30-16-14-29(15-17-30)21-9-6-5-7-10-21)19-36-28(18-31,37-27)23-12-11-22(25(32)33)20(2)24(23)26(34)35/h5-7,9-12,31H,3-4,8,13-19H2,1-2H3,(H,32,33)(H,34,35). The molecule has 0 radical (unpaired) electrons. The molecule has 0 aromatic heterocycles. The van der Waals surface area contributed by atoms with E-state index < -0.39 is 30.1 Å². The average molecular weight is 513 g/mol. The lowest BCUT2D eigenvalue weighted by Gasteiger charge is -2.46. The number of para-hydroxylation sites is 1. The Morgan fingerprint density at radius 3 is 2.27 bits per heavy atom. The summed E-state index contributed by atoms with van der Waals surface area (Å²) in [5.74, 6) is -4.23. The van der Waals surface area contributed by atoms with Gasteiger partial charge in [0, 0.05) is 37.4 Å². The number of ether oxygens (including phenoxy) is 2. The predicted octanol–water partition coefficient (Wildman–Crippen LogP) is 3.68. The molecule has 3 N–H and O–H groups in total. The van der Waals surface area contributed by atoms with Crippen molar-refractivity contribution in [1.29, 1.82) is 0 Å². The molecule has 2 aromatic carbocycles. The third-order valence-corrected chi connectivity index (χ3v) is 7.56. The zero-order valence-electron chi connectivity index (χ0n) is 21.5. The number of hydrogen-bond donors (Lipinski definition) is 3. The van der Waals surface area contributed by atoms with Crippen LogP contribution in [0.5, 0.6) is 0 Å². The quantitative estimate of drug-likeness (QED) is 0.410. The van der Waals surface area contributed by atoms with E-state index in [0.717, 1.165) is 38.0 Å². The van der Waals surface area contributed by atoms with Crippen molar-refractivity contribution in [3.05, 3.63) is 64.7 Å². The van der Waals surface area contributed by atoms with Gasteiger partial charge in [0.15, 0.2) is 0 Å². The molecular formula is C28H36N2O7. The van der Waals surface area contributed by atoms with Crippen LogP contribution in [0.25, 0.3) is 0 Å². The van der Waals surface area contributed by atoms with Crippen LogP contribution < -0.4 is 4.90 Å². The van der Waals surface area contributed by atoms with Gasteiger partial charge in [0.2, 0.25) is 5.79 Å². The minimum Gasteiger partial charge on any atom is -0.478 e. The number of anilines is 1. The maximum Gasteiger partial charge on any atom is 0.336 e. The molecule has 0 spiro atoms. The minimum absolute atomic E-state index is 0.0949. The number of unbranched alkanes of at least 4 members (excludes halogenated alkanes) is 2. The van der Waals surface area contributed by atoms with E-state index in [1.165, 1.54) is 19.1 Å². The molecule has 4 rings (SSSR count). The maximum atomic E-state index is 12.3. The number of aliphatic hydroxyl groups excluding tert-OH is 1. The summed E-state index contributed by atoms with van der Waals surface area (Å²) in [6.45, 7) is 6.17. The van der Waals surface area contributed by atoms with E-state index in [1.807, 2.05) is 18.2 Å². The first-order chi connectivity index (χ1) is 17.8. The lowest BCUT2D eigenvalue weighted by molar-refractivity contribution is -0.247. The number of carboxylic acid groups (broad SMARTS) is 2. The molecule has 2 heterocycles. The second-order valence-electron chi connectivity index (χ2n) is 9.79. The number of carbonyl (C=O) groups is 2. The Morgan fingerprint density at radius 2 is 1.68 bits per heavy atom. The zero-order chi connectivity index (χ0) is 26.6. The summed E-state index contributed by atoms with van der Waals surface area (Å²) in [5, 5.41) is 30.1. The fourth-order valence-corrected chi connectivity index (χ4v) is 5.53. The van der Waals surface area contributed by atoms with Crippen LogP contribution in [0.15, 0.2) is 42.5 Å². The Labute approximate surface area is 217 Å². The van der Waals surface area contributed by atoms with Crippen LogP contribution in [0.1, 0.15) is 64.4 Å². The van der Waals surface area contributed by atoms with Gasteiger partial charge in [0.25, 0.3) is 0 Å². The van der Waals surface area contributed by atoms with Crippen molar-refractivity contribution in [2.24, 2.45) is 0 Å². The van der Waals surface area contributed by atoms with Crippen LogP contribution >= 0.6 is 0 Å². The number of benzene rings is 2. The van der Waals surface area contributed by atoms with Crippen LogP contribution in [0, 0.1) is 6.92 Å². The molecule has 2 aliphatic heterocycles. The van der Waals surface area contributed by atoms with E-state index in [2.05, 4.69) is 28.9 Å². The molecule has 0 amide bonds. The van der Waals surface area contributed by atoms with E-state index in [4.69, 9.17) is 9.47 Å².